The lowest BCUT2D eigenvalue weighted by Gasteiger charge is -2.21. The van der Waals surface area contributed by atoms with Gasteiger partial charge in [-0.25, -0.2) is 4.98 Å². The van der Waals surface area contributed by atoms with Crippen molar-refractivity contribution in [2.45, 2.75) is 45.4 Å². The molecule has 2 nitrogen and oxygen atoms in total. The third-order valence-corrected chi connectivity index (χ3v) is 5.50. The average Bonchev–Trinajstić information content (AvgIpc) is 2.97. The molecule has 0 aliphatic heterocycles. The van der Waals surface area contributed by atoms with Gasteiger partial charge in [0.2, 0.25) is 0 Å². The van der Waals surface area contributed by atoms with E-state index in [9.17, 15) is 0 Å². The third-order valence-electron chi connectivity index (χ3n) is 4.32. The molecule has 21 heavy (non-hydrogen) atoms. The molecule has 1 aromatic heterocycles. The average molecular weight is 300 g/mol. The molecule has 2 aromatic rings. The number of hydrogen-bond acceptors (Lipinski definition) is 3. The smallest absolute Gasteiger partial charge is 0.123 e. The van der Waals surface area contributed by atoms with Crippen LogP contribution in [0.1, 0.15) is 48.7 Å². The molecule has 0 radical (unpaired) electrons. The maximum Gasteiger partial charge on any atom is 0.123 e. The maximum absolute atomic E-state index is 4.99. The van der Waals surface area contributed by atoms with Crippen LogP contribution in [0.25, 0.3) is 10.6 Å². The first-order valence-corrected chi connectivity index (χ1v) is 8.93. The summed E-state index contributed by atoms with van der Waals surface area (Å²) in [7, 11) is 0. The van der Waals surface area contributed by atoms with Crippen LogP contribution in [0.15, 0.2) is 24.3 Å². The second kappa shape index (κ2) is 6.71. The molecular weight excluding hydrogens is 276 g/mol. The zero-order chi connectivity index (χ0) is 14.7. The van der Waals surface area contributed by atoms with Crippen LogP contribution in [0.3, 0.4) is 0 Å². The highest BCUT2D eigenvalue weighted by Crippen LogP contribution is 2.38. The summed E-state index contributed by atoms with van der Waals surface area (Å²) in [5, 5.41) is 4.69. The summed E-state index contributed by atoms with van der Waals surface area (Å²) >= 11 is 1.90. The van der Waals surface area contributed by atoms with Crippen LogP contribution in [0.4, 0.5) is 0 Å². The number of hydrogen-bond donors (Lipinski definition) is 1. The van der Waals surface area contributed by atoms with E-state index in [0.29, 0.717) is 5.92 Å². The Morgan fingerprint density at radius 3 is 2.76 bits per heavy atom. The Morgan fingerprint density at radius 2 is 2.05 bits per heavy atom. The summed E-state index contributed by atoms with van der Waals surface area (Å²) in [6.45, 7) is 6.48. The molecule has 0 fully saturated rings. The minimum atomic E-state index is 0.605. The highest BCUT2D eigenvalue weighted by Gasteiger charge is 2.24. The van der Waals surface area contributed by atoms with Gasteiger partial charge in [0.15, 0.2) is 0 Å². The number of rotatable bonds is 5. The van der Waals surface area contributed by atoms with Crippen molar-refractivity contribution in [3.63, 3.8) is 0 Å². The Bertz CT molecular complexity index is 586. The van der Waals surface area contributed by atoms with E-state index in [4.69, 9.17) is 4.98 Å². The monoisotopic (exact) mass is 300 g/mol. The Labute approximate surface area is 131 Å². The van der Waals surface area contributed by atoms with Crippen LogP contribution in [0.5, 0.6) is 0 Å². The number of nitrogens with zero attached hydrogens (tertiary/aromatic N) is 1. The second-order valence-corrected chi connectivity index (χ2v) is 6.86. The summed E-state index contributed by atoms with van der Waals surface area (Å²) in [5.74, 6) is 0.605. The maximum atomic E-state index is 4.99. The Balaban J connectivity index is 1.86. The fourth-order valence-corrected chi connectivity index (χ4v) is 4.23. The molecule has 0 saturated carbocycles. The lowest BCUT2D eigenvalue weighted by molar-refractivity contribution is 0.509. The van der Waals surface area contributed by atoms with Gasteiger partial charge >= 0.3 is 0 Å². The molecule has 1 unspecified atom stereocenters. The van der Waals surface area contributed by atoms with Gasteiger partial charge in [-0.05, 0) is 37.8 Å². The first kappa shape index (κ1) is 14.7. The van der Waals surface area contributed by atoms with Crippen LogP contribution >= 0.6 is 11.3 Å². The minimum absolute atomic E-state index is 0.605. The van der Waals surface area contributed by atoms with E-state index in [1.807, 2.05) is 11.3 Å². The van der Waals surface area contributed by atoms with Gasteiger partial charge in [0.25, 0.3) is 0 Å². The van der Waals surface area contributed by atoms with Crippen molar-refractivity contribution in [2.75, 3.05) is 13.1 Å². The molecule has 1 atom stereocenters. The van der Waals surface area contributed by atoms with Gasteiger partial charge in [-0.1, -0.05) is 38.1 Å². The van der Waals surface area contributed by atoms with Crippen molar-refractivity contribution < 1.29 is 0 Å². The predicted octanol–water partition coefficient (Wildman–Crippen LogP) is 4.40. The molecule has 1 aliphatic carbocycles. The van der Waals surface area contributed by atoms with Crippen LogP contribution in [0.2, 0.25) is 0 Å². The highest BCUT2D eigenvalue weighted by molar-refractivity contribution is 7.15. The predicted molar refractivity (Wildman–Crippen MR) is 91.2 cm³/mol. The van der Waals surface area contributed by atoms with Gasteiger partial charge in [0.1, 0.15) is 5.01 Å². The zero-order valence-corrected chi connectivity index (χ0v) is 13.8. The summed E-state index contributed by atoms with van der Waals surface area (Å²) in [6, 6.07) is 8.91. The molecule has 112 valence electrons. The van der Waals surface area contributed by atoms with E-state index in [0.717, 1.165) is 19.5 Å². The van der Waals surface area contributed by atoms with Gasteiger partial charge in [-0.3, -0.25) is 0 Å². The minimum Gasteiger partial charge on any atom is -0.316 e. The topological polar surface area (TPSA) is 24.9 Å². The van der Waals surface area contributed by atoms with E-state index in [-0.39, 0.29) is 0 Å². The Kier molecular flexibility index (Phi) is 4.71. The van der Waals surface area contributed by atoms with Crippen LogP contribution in [-0.4, -0.2) is 18.1 Å². The first-order chi connectivity index (χ1) is 10.3. The number of thiazole rings is 1. The van der Waals surface area contributed by atoms with E-state index in [1.54, 1.807) is 0 Å². The quantitative estimate of drug-likeness (QED) is 0.885. The number of benzene rings is 1. The van der Waals surface area contributed by atoms with Crippen molar-refractivity contribution in [2.24, 2.45) is 0 Å². The van der Waals surface area contributed by atoms with Gasteiger partial charge in [-0.15, -0.1) is 11.3 Å². The van der Waals surface area contributed by atoms with Crippen molar-refractivity contribution in [1.29, 1.82) is 0 Å². The fraction of sp³-hybridized carbons (Fsp3) is 0.500. The summed E-state index contributed by atoms with van der Waals surface area (Å²) in [5.41, 5.74) is 4.03. The number of fused-ring (bicyclic) bond motifs is 1. The summed E-state index contributed by atoms with van der Waals surface area (Å²) < 4.78 is 0. The molecule has 3 heteroatoms. The molecule has 0 amide bonds. The van der Waals surface area contributed by atoms with E-state index >= 15 is 0 Å². The molecule has 0 bridgehead atoms. The lowest BCUT2D eigenvalue weighted by Crippen LogP contribution is -2.23. The molecule has 1 aliphatic rings. The van der Waals surface area contributed by atoms with Crippen molar-refractivity contribution in [3.05, 3.63) is 40.4 Å². The van der Waals surface area contributed by atoms with Gasteiger partial charge in [0.05, 0.1) is 5.69 Å². The second-order valence-electron chi connectivity index (χ2n) is 5.77. The normalized spacial score (nSPS) is 17.7. The van der Waals surface area contributed by atoms with Crippen LogP contribution in [0, 0.1) is 0 Å². The zero-order valence-electron chi connectivity index (χ0n) is 13.0. The van der Waals surface area contributed by atoms with E-state index in [2.05, 4.69) is 43.4 Å². The van der Waals surface area contributed by atoms with Crippen molar-refractivity contribution >= 4 is 11.3 Å². The molecule has 0 saturated heterocycles. The molecule has 3 rings (SSSR count). The van der Waals surface area contributed by atoms with Crippen LogP contribution in [-0.2, 0) is 12.8 Å². The summed E-state index contributed by atoms with van der Waals surface area (Å²) in [6.07, 6.45) is 4.89. The molecule has 1 heterocycles. The van der Waals surface area contributed by atoms with E-state index < -0.39 is 0 Å². The van der Waals surface area contributed by atoms with E-state index in [1.165, 1.54) is 46.0 Å². The van der Waals surface area contributed by atoms with Gasteiger partial charge in [-0.2, -0.15) is 0 Å². The molecule has 0 spiro atoms. The molecule has 1 N–H and O–H groups in total. The number of nitrogens with one attached hydrogen (secondary N) is 1. The van der Waals surface area contributed by atoms with Gasteiger partial charge in [0, 0.05) is 22.9 Å². The number of aromatic nitrogens is 1. The first-order valence-electron chi connectivity index (χ1n) is 8.11. The number of likely N-dealkylation sites (N-methyl/N-ethyl adjacent to an activating group) is 1. The summed E-state index contributed by atoms with van der Waals surface area (Å²) in [4.78, 5) is 6.50. The fourth-order valence-electron chi connectivity index (χ4n) is 3.03. The van der Waals surface area contributed by atoms with Crippen molar-refractivity contribution in [1.82, 2.24) is 10.3 Å². The SMILES string of the molecule is CCNCC1CCCc2sc(-c3ccc(CC)cc3)nc21. The molecule has 1 aromatic carbocycles. The van der Waals surface area contributed by atoms with Gasteiger partial charge < -0.3 is 5.32 Å². The standard InChI is InChI=1S/C18H24N2S/c1-3-13-8-10-14(11-9-13)18-20-17-15(12-19-4-2)6-5-7-16(17)21-18/h8-11,15,19H,3-7,12H2,1-2H3. The van der Waals surface area contributed by atoms with Crippen LogP contribution < -0.4 is 5.32 Å². The Morgan fingerprint density at radius 1 is 1.24 bits per heavy atom. The lowest BCUT2D eigenvalue weighted by atomic mass is 9.91. The number of aryl methyl sites for hydroxylation is 2. The third kappa shape index (κ3) is 3.19. The largest absolute Gasteiger partial charge is 0.316 e. The highest BCUT2D eigenvalue weighted by atomic mass is 32.1. The molecular formula is C18H24N2S. The van der Waals surface area contributed by atoms with Crippen molar-refractivity contribution in [3.8, 4) is 10.6 Å². The Hall–Kier alpha value is -1.19.